The Hall–Kier alpha value is -0.665. The van der Waals surface area contributed by atoms with Gasteiger partial charge in [-0.15, -0.1) is 0 Å². The molecule has 4 unspecified atom stereocenters. The van der Waals surface area contributed by atoms with Crippen molar-refractivity contribution in [3.63, 3.8) is 0 Å². The van der Waals surface area contributed by atoms with Crippen LogP contribution in [0.25, 0.3) is 0 Å². The number of rotatable bonds is 2. The molecule has 3 heterocycles. The van der Waals surface area contributed by atoms with Gasteiger partial charge in [0.05, 0.1) is 6.04 Å². The number of nitrogens with zero attached hydrogens (tertiary/aromatic N) is 1. The van der Waals surface area contributed by atoms with E-state index in [-0.39, 0.29) is 18.2 Å². The van der Waals surface area contributed by atoms with E-state index in [2.05, 4.69) is 35.0 Å². The summed E-state index contributed by atoms with van der Waals surface area (Å²) in [5.41, 5.74) is 0. The average Bonchev–Trinajstić information content (AvgIpc) is 2.37. The summed E-state index contributed by atoms with van der Waals surface area (Å²) in [5, 5.41) is 0.421. The van der Waals surface area contributed by atoms with Gasteiger partial charge in [-0.2, -0.15) is 0 Å². The molecule has 1 aliphatic carbocycles. The van der Waals surface area contributed by atoms with Crippen LogP contribution in [0.1, 0.15) is 47.0 Å². The second kappa shape index (κ2) is 3.91. The molecule has 0 aromatic carbocycles. The maximum absolute atomic E-state index is 12.0. The fraction of sp³-hybridized carbons (Fsp3) is 0.929. The predicted molar refractivity (Wildman–Crippen MR) is 71.9 cm³/mol. The smallest absolute Gasteiger partial charge is 0.410 e. The lowest BCUT2D eigenvalue weighted by atomic mass is 9.28. The van der Waals surface area contributed by atoms with E-state index in [0.717, 1.165) is 6.42 Å². The molecule has 1 saturated carbocycles. The lowest BCUT2D eigenvalue weighted by molar-refractivity contribution is 0.115. The molecule has 0 spiro atoms. The van der Waals surface area contributed by atoms with Gasteiger partial charge < -0.3 is 4.74 Å². The van der Waals surface area contributed by atoms with Crippen molar-refractivity contribution in [2.75, 3.05) is 0 Å². The molecule has 4 heteroatoms. The van der Waals surface area contributed by atoms with E-state index in [1.165, 1.54) is 12.8 Å². The van der Waals surface area contributed by atoms with Gasteiger partial charge >= 0.3 is 6.09 Å². The highest BCUT2D eigenvalue weighted by Gasteiger charge is 2.59. The summed E-state index contributed by atoms with van der Waals surface area (Å²) in [7, 11) is 2.49. The van der Waals surface area contributed by atoms with E-state index in [9.17, 15) is 4.79 Å². The predicted octanol–water partition coefficient (Wildman–Crippen LogP) is 3.09. The van der Waals surface area contributed by atoms with Gasteiger partial charge in [0.2, 0.25) is 0 Å². The average molecular weight is 248 g/mol. The Morgan fingerprint density at radius 2 is 2.06 bits per heavy atom. The van der Waals surface area contributed by atoms with E-state index >= 15 is 0 Å². The standard InChI is InChI=1S/C14H23BNO2/c1-8(2)14-6-5-11-12(10(7-14)15-14)18-13(17)16(11)9(3)4/h8-12H,5-7H2,1-4H3. The molecule has 4 fully saturated rings. The van der Waals surface area contributed by atoms with Gasteiger partial charge in [0.1, 0.15) is 13.4 Å². The monoisotopic (exact) mass is 248 g/mol. The number of carbonyl (C=O) groups excluding carboxylic acids is 1. The second-order valence-corrected chi connectivity index (χ2v) is 6.88. The molecule has 1 radical (unpaired) electrons. The van der Waals surface area contributed by atoms with Crippen molar-refractivity contribution in [1.82, 2.24) is 4.90 Å². The molecule has 0 aromatic heterocycles. The van der Waals surface area contributed by atoms with Gasteiger partial charge in [-0.25, -0.2) is 4.79 Å². The minimum atomic E-state index is -0.0997. The van der Waals surface area contributed by atoms with Crippen LogP contribution in [0.15, 0.2) is 0 Å². The van der Waals surface area contributed by atoms with E-state index < -0.39 is 0 Å². The van der Waals surface area contributed by atoms with Crippen molar-refractivity contribution in [1.29, 1.82) is 0 Å². The Balaban J connectivity index is 1.82. The van der Waals surface area contributed by atoms with E-state index in [1.54, 1.807) is 0 Å². The Bertz CT molecular complexity index is 363. The first-order chi connectivity index (χ1) is 8.44. The molecule has 2 bridgehead atoms. The first-order valence-corrected chi connectivity index (χ1v) is 7.29. The number of ether oxygens (including phenoxy) is 1. The third kappa shape index (κ3) is 1.53. The number of amides is 1. The fourth-order valence-electron chi connectivity index (χ4n) is 4.18. The third-order valence-corrected chi connectivity index (χ3v) is 5.38. The van der Waals surface area contributed by atoms with Crippen LogP contribution in [0.5, 0.6) is 0 Å². The van der Waals surface area contributed by atoms with Crippen molar-refractivity contribution in [3.05, 3.63) is 0 Å². The van der Waals surface area contributed by atoms with Crippen LogP contribution in [-0.4, -0.2) is 36.5 Å². The number of fused-ring (bicyclic) bond motifs is 1. The normalized spacial score (nSPS) is 42.2. The summed E-state index contributed by atoms with van der Waals surface area (Å²) >= 11 is 0. The summed E-state index contributed by atoms with van der Waals surface area (Å²) in [6.45, 7) is 8.81. The molecule has 3 aliphatic heterocycles. The van der Waals surface area contributed by atoms with E-state index in [4.69, 9.17) is 4.74 Å². The maximum Gasteiger partial charge on any atom is 0.410 e. The van der Waals surface area contributed by atoms with Crippen LogP contribution in [0, 0.1) is 5.92 Å². The van der Waals surface area contributed by atoms with Gasteiger partial charge in [-0.1, -0.05) is 32.0 Å². The molecule has 3 saturated heterocycles. The van der Waals surface area contributed by atoms with Crippen LogP contribution in [0.3, 0.4) is 0 Å². The topological polar surface area (TPSA) is 29.5 Å². The first-order valence-electron chi connectivity index (χ1n) is 7.29. The molecule has 99 valence electrons. The van der Waals surface area contributed by atoms with Gasteiger partial charge in [-0.3, -0.25) is 4.90 Å². The molecular formula is C14H23BNO2. The van der Waals surface area contributed by atoms with Crippen LogP contribution < -0.4 is 0 Å². The van der Waals surface area contributed by atoms with Crippen molar-refractivity contribution in [2.24, 2.45) is 5.92 Å². The van der Waals surface area contributed by atoms with E-state index in [0.29, 0.717) is 23.1 Å². The molecule has 4 atom stereocenters. The second-order valence-electron chi connectivity index (χ2n) is 6.88. The summed E-state index contributed by atoms with van der Waals surface area (Å²) in [5.74, 6) is 1.20. The first kappa shape index (κ1) is 12.4. The minimum absolute atomic E-state index is 0.0997. The molecule has 18 heavy (non-hydrogen) atoms. The molecule has 3 nitrogen and oxygen atoms in total. The molecule has 4 rings (SSSR count). The van der Waals surface area contributed by atoms with Crippen LogP contribution in [0.4, 0.5) is 4.79 Å². The SMILES string of the molecule is CC(C)N1C(=O)OC2C3[B]C(C(C)C)(CCC21)C3. The summed E-state index contributed by atoms with van der Waals surface area (Å²) in [6, 6.07) is 0.555. The maximum atomic E-state index is 12.0. The lowest BCUT2D eigenvalue weighted by Gasteiger charge is -2.49. The summed E-state index contributed by atoms with van der Waals surface area (Å²) in [6.07, 6.45) is 3.54. The van der Waals surface area contributed by atoms with Crippen molar-refractivity contribution >= 4 is 13.4 Å². The molecule has 1 amide bonds. The highest BCUT2D eigenvalue weighted by molar-refractivity contribution is 6.47. The largest absolute Gasteiger partial charge is 0.444 e. The van der Waals surface area contributed by atoms with Gasteiger partial charge in [0.25, 0.3) is 0 Å². The third-order valence-electron chi connectivity index (χ3n) is 5.38. The van der Waals surface area contributed by atoms with Crippen molar-refractivity contribution in [2.45, 2.75) is 76.3 Å². The Labute approximate surface area is 110 Å². The molecular weight excluding hydrogens is 225 g/mol. The molecule has 0 N–H and O–H groups in total. The van der Waals surface area contributed by atoms with Gasteiger partial charge in [-0.05, 0) is 32.0 Å². The quantitative estimate of drug-likeness (QED) is 0.703. The van der Waals surface area contributed by atoms with E-state index in [1.807, 2.05) is 4.90 Å². The number of hydrogen-bond acceptors (Lipinski definition) is 2. The highest BCUT2D eigenvalue weighted by atomic mass is 16.6. The Morgan fingerprint density at radius 3 is 2.61 bits per heavy atom. The Kier molecular flexibility index (Phi) is 2.69. The van der Waals surface area contributed by atoms with Crippen LogP contribution in [-0.2, 0) is 4.74 Å². The molecule has 4 aliphatic rings. The fourth-order valence-corrected chi connectivity index (χ4v) is 4.18. The zero-order chi connectivity index (χ0) is 13.1. The van der Waals surface area contributed by atoms with Crippen LogP contribution >= 0.6 is 0 Å². The zero-order valence-electron chi connectivity index (χ0n) is 11.8. The summed E-state index contributed by atoms with van der Waals surface area (Å²) < 4.78 is 5.65. The lowest BCUT2D eigenvalue weighted by Crippen LogP contribution is -2.45. The number of hydrogen-bond donors (Lipinski definition) is 0. The van der Waals surface area contributed by atoms with Crippen molar-refractivity contribution in [3.8, 4) is 0 Å². The molecule has 0 aromatic rings. The number of carbonyl (C=O) groups is 1. The zero-order valence-corrected chi connectivity index (χ0v) is 11.8. The Morgan fingerprint density at radius 1 is 1.39 bits per heavy atom. The summed E-state index contributed by atoms with van der Waals surface area (Å²) in [4.78, 5) is 13.9. The van der Waals surface area contributed by atoms with Gasteiger partial charge in [0, 0.05) is 6.04 Å². The van der Waals surface area contributed by atoms with Gasteiger partial charge in [0.15, 0.2) is 0 Å². The highest BCUT2D eigenvalue weighted by Crippen LogP contribution is 2.62. The minimum Gasteiger partial charge on any atom is -0.444 e. The van der Waals surface area contributed by atoms with Crippen molar-refractivity contribution < 1.29 is 9.53 Å². The van der Waals surface area contributed by atoms with Crippen LogP contribution in [0.2, 0.25) is 11.1 Å².